The molecule has 21 heavy (non-hydrogen) atoms. The van der Waals surface area contributed by atoms with Gasteiger partial charge in [0.2, 0.25) is 0 Å². The summed E-state index contributed by atoms with van der Waals surface area (Å²) in [5, 5.41) is 0.703. The van der Waals surface area contributed by atoms with Crippen molar-refractivity contribution in [3.8, 4) is 5.69 Å². The maximum absolute atomic E-state index is 6.03. The lowest BCUT2D eigenvalue weighted by Crippen LogP contribution is -2.10. The predicted molar refractivity (Wildman–Crippen MR) is 92.2 cm³/mol. The molecular weight excluding hydrogens is 300 g/mol. The zero-order valence-corrected chi connectivity index (χ0v) is 13.8. The summed E-state index contributed by atoms with van der Waals surface area (Å²) in [4.78, 5) is 3.20. The zero-order valence-electron chi connectivity index (χ0n) is 12.3. The molecule has 0 saturated carbocycles. The van der Waals surface area contributed by atoms with Gasteiger partial charge in [0.1, 0.15) is 0 Å². The molecular formula is C17H17ClN2S. The Hall–Kier alpha value is -1.58. The predicted octanol–water partition coefficient (Wildman–Crippen LogP) is 5.64. The highest BCUT2D eigenvalue weighted by Gasteiger charge is 2.14. The molecule has 0 aliphatic rings. The van der Waals surface area contributed by atoms with Gasteiger partial charge in [-0.15, -0.1) is 0 Å². The average molecular weight is 317 g/mol. The number of nitrogens with one attached hydrogen (secondary N) is 1. The molecule has 0 aliphatic carbocycles. The van der Waals surface area contributed by atoms with Crippen molar-refractivity contribution >= 4 is 34.9 Å². The molecule has 0 radical (unpaired) electrons. The highest BCUT2D eigenvalue weighted by Crippen LogP contribution is 2.26. The fourth-order valence-electron chi connectivity index (χ4n) is 2.45. The summed E-state index contributed by atoms with van der Waals surface area (Å²) >= 11 is 11.5. The van der Waals surface area contributed by atoms with Crippen LogP contribution < -0.4 is 0 Å². The summed E-state index contributed by atoms with van der Waals surface area (Å²) in [5.41, 5.74) is 4.50. The van der Waals surface area contributed by atoms with Crippen LogP contribution in [-0.4, -0.2) is 9.55 Å². The van der Waals surface area contributed by atoms with Gasteiger partial charge in [-0.2, -0.15) is 0 Å². The average Bonchev–Trinajstić information content (AvgIpc) is 2.73. The summed E-state index contributed by atoms with van der Waals surface area (Å²) in [6.07, 6.45) is 0. The van der Waals surface area contributed by atoms with Gasteiger partial charge < -0.3 is 4.98 Å². The van der Waals surface area contributed by atoms with E-state index in [2.05, 4.69) is 50.0 Å². The molecule has 0 saturated heterocycles. The molecule has 3 rings (SSSR count). The van der Waals surface area contributed by atoms with Crippen molar-refractivity contribution in [2.75, 3.05) is 0 Å². The van der Waals surface area contributed by atoms with Gasteiger partial charge in [0, 0.05) is 10.7 Å². The van der Waals surface area contributed by atoms with Crippen LogP contribution in [0.2, 0.25) is 5.02 Å². The van der Waals surface area contributed by atoms with Crippen LogP contribution in [0.5, 0.6) is 0 Å². The van der Waals surface area contributed by atoms with Crippen molar-refractivity contribution in [1.29, 1.82) is 0 Å². The van der Waals surface area contributed by atoms with Crippen LogP contribution in [0.1, 0.15) is 26.3 Å². The SMILES string of the molecule is CC(C)(C)c1ccc(-n2c(=S)[nH]c3cc(Cl)ccc32)cc1. The van der Waals surface area contributed by atoms with Gasteiger partial charge in [0.15, 0.2) is 4.77 Å². The summed E-state index contributed by atoms with van der Waals surface area (Å²) in [5.74, 6) is 0. The lowest BCUT2D eigenvalue weighted by Gasteiger charge is -2.19. The first kappa shape index (κ1) is 14.4. The van der Waals surface area contributed by atoms with Crippen molar-refractivity contribution < 1.29 is 0 Å². The molecule has 1 aromatic heterocycles. The van der Waals surface area contributed by atoms with Gasteiger partial charge in [0.25, 0.3) is 0 Å². The van der Waals surface area contributed by atoms with Crippen LogP contribution in [0.25, 0.3) is 16.7 Å². The molecule has 2 nitrogen and oxygen atoms in total. The molecule has 1 heterocycles. The number of nitrogens with zero attached hydrogens (tertiary/aromatic N) is 1. The minimum atomic E-state index is 0.147. The van der Waals surface area contributed by atoms with Crippen molar-refractivity contribution in [2.45, 2.75) is 26.2 Å². The number of H-pyrrole nitrogens is 1. The van der Waals surface area contributed by atoms with E-state index in [1.165, 1.54) is 5.56 Å². The Kier molecular flexibility index (Phi) is 3.42. The third-order valence-electron chi connectivity index (χ3n) is 3.64. The number of aromatic nitrogens is 2. The van der Waals surface area contributed by atoms with Gasteiger partial charge in [-0.05, 0) is 53.5 Å². The monoisotopic (exact) mass is 316 g/mol. The van der Waals surface area contributed by atoms with Crippen LogP contribution in [0, 0.1) is 4.77 Å². The van der Waals surface area contributed by atoms with Crippen molar-refractivity contribution in [2.24, 2.45) is 0 Å². The Morgan fingerprint density at radius 1 is 1.05 bits per heavy atom. The number of aromatic amines is 1. The summed E-state index contributed by atoms with van der Waals surface area (Å²) in [7, 11) is 0. The highest BCUT2D eigenvalue weighted by molar-refractivity contribution is 7.71. The fraction of sp³-hybridized carbons (Fsp3) is 0.235. The van der Waals surface area contributed by atoms with E-state index in [4.69, 9.17) is 23.8 Å². The third-order valence-corrected chi connectivity index (χ3v) is 4.16. The molecule has 2 aromatic carbocycles. The maximum atomic E-state index is 6.03. The maximum Gasteiger partial charge on any atom is 0.182 e. The number of hydrogen-bond acceptors (Lipinski definition) is 1. The Morgan fingerprint density at radius 3 is 2.33 bits per heavy atom. The van der Waals surface area contributed by atoms with E-state index in [-0.39, 0.29) is 5.41 Å². The normalized spacial score (nSPS) is 12.0. The minimum absolute atomic E-state index is 0.147. The van der Waals surface area contributed by atoms with Crippen LogP contribution in [0.15, 0.2) is 42.5 Å². The quantitative estimate of drug-likeness (QED) is 0.576. The number of hydrogen-bond donors (Lipinski definition) is 1. The molecule has 0 aliphatic heterocycles. The fourth-order valence-corrected chi connectivity index (χ4v) is 2.94. The summed E-state index contributed by atoms with van der Waals surface area (Å²) in [6.45, 7) is 6.63. The highest BCUT2D eigenvalue weighted by atomic mass is 35.5. The largest absolute Gasteiger partial charge is 0.330 e. The first-order valence-electron chi connectivity index (χ1n) is 6.87. The molecule has 1 N–H and O–H groups in total. The van der Waals surface area contributed by atoms with Gasteiger partial charge in [-0.25, -0.2) is 0 Å². The second-order valence-corrected chi connectivity index (χ2v) is 7.05. The van der Waals surface area contributed by atoms with Gasteiger partial charge in [-0.3, -0.25) is 4.57 Å². The Morgan fingerprint density at radius 2 is 1.71 bits per heavy atom. The molecule has 108 valence electrons. The standard InChI is InChI=1S/C17H17ClN2S/c1-17(2,3)11-4-7-13(8-5-11)20-15-9-6-12(18)10-14(15)19-16(20)21/h4-10H,1-3H3,(H,19,21). The second-order valence-electron chi connectivity index (χ2n) is 6.22. The van der Waals surface area contributed by atoms with E-state index in [0.29, 0.717) is 9.79 Å². The first-order valence-corrected chi connectivity index (χ1v) is 7.66. The number of imidazole rings is 1. The van der Waals surface area contributed by atoms with E-state index >= 15 is 0 Å². The van der Waals surface area contributed by atoms with Gasteiger partial charge in [0.05, 0.1) is 11.0 Å². The molecule has 0 atom stereocenters. The summed E-state index contributed by atoms with van der Waals surface area (Å²) < 4.78 is 2.71. The lowest BCUT2D eigenvalue weighted by atomic mass is 9.87. The molecule has 0 unspecified atom stereocenters. The van der Waals surface area contributed by atoms with E-state index in [0.717, 1.165) is 16.7 Å². The van der Waals surface area contributed by atoms with Crippen molar-refractivity contribution in [1.82, 2.24) is 9.55 Å². The minimum Gasteiger partial charge on any atom is -0.330 e. The first-order chi connectivity index (χ1) is 9.86. The zero-order chi connectivity index (χ0) is 15.2. The Bertz CT molecular complexity index is 851. The molecule has 0 amide bonds. The van der Waals surface area contributed by atoms with Crippen molar-refractivity contribution in [3.05, 3.63) is 57.8 Å². The van der Waals surface area contributed by atoms with Crippen LogP contribution in [0.3, 0.4) is 0 Å². The molecule has 4 heteroatoms. The second kappa shape index (κ2) is 5.00. The van der Waals surface area contributed by atoms with Gasteiger partial charge >= 0.3 is 0 Å². The smallest absolute Gasteiger partial charge is 0.182 e. The number of halogens is 1. The van der Waals surface area contributed by atoms with Crippen molar-refractivity contribution in [3.63, 3.8) is 0 Å². The van der Waals surface area contributed by atoms with E-state index < -0.39 is 0 Å². The van der Waals surface area contributed by atoms with Crippen LogP contribution >= 0.6 is 23.8 Å². The Labute approximate surface area is 134 Å². The van der Waals surface area contributed by atoms with Gasteiger partial charge in [-0.1, -0.05) is 44.5 Å². The molecule has 3 aromatic rings. The number of benzene rings is 2. The molecule has 0 spiro atoms. The van der Waals surface area contributed by atoms with Crippen LogP contribution in [0.4, 0.5) is 0 Å². The Balaban J connectivity index is 2.17. The van der Waals surface area contributed by atoms with Crippen LogP contribution in [-0.2, 0) is 5.41 Å². The third kappa shape index (κ3) is 2.63. The molecule has 0 bridgehead atoms. The topological polar surface area (TPSA) is 20.7 Å². The number of fused-ring (bicyclic) bond motifs is 1. The van der Waals surface area contributed by atoms with E-state index in [9.17, 15) is 0 Å². The summed E-state index contributed by atoms with van der Waals surface area (Å²) in [6, 6.07) is 14.3. The lowest BCUT2D eigenvalue weighted by molar-refractivity contribution is 0.590. The van der Waals surface area contributed by atoms with E-state index in [1.54, 1.807) is 0 Å². The molecule has 0 fully saturated rings. The van der Waals surface area contributed by atoms with E-state index in [1.807, 2.05) is 22.8 Å². The number of rotatable bonds is 1.